The number of aromatic nitrogens is 1. The lowest BCUT2D eigenvalue weighted by Crippen LogP contribution is -2.50. The summed E-state index contributed by atoms with van der Waals surface area (Å²) in [6.07, 6.45) is 0.836. The van der Waals surface area contributed by atoms with Gasteiger partial charge in [-0.1, -0.05) is 12.1 Å². The van der Waals surface area contributed by atoms with Gasteiger partial charge in [0.15, 0.2) is 0 Å². The fourth-order valence-corrected chi connectivity index (χ4v) is 5.29. The van der Waals surface area contributed by atoms with E-state index >= 15 is 0 Å². The highest BCUT2D eigenvalue weighted by atomic mass is 32.2. The molecule has 2 aliphatic rings. The maximum absolute atomic E-state index is 12.4. The van der Waals surface area contributed by atoms with Gasteiger partial charge in [0.05, 0.1) is 28.5 Å². The molecule has 0 aliphatic carbocycles. The number of para-hydroxylation sites is 2. The van der Waals surface area contributed by atoms with Crippen LogP contribution in [0.25, 0.3) is 0 Å². The standard InChI is InChI=1S/C21H27N5O4S/c1-16(2)31(29,30)24-11-9-23(10-12-24)17-7-8-20(22-15-17)25-13-14-26(21(27)28)19-6-4-3-5-18(19)25/h3-8,15-16H,9-14H2,1-2H3,(H,27,28). The van der Waals surface area contributed by atoms with Gasteiger partial charge in [-0.15, -0.1) is 0 Å². The zero-order chi connectivity index (χ0) is 22.2. The summed E-state index contributed by atoms with van der Waals surface area (Å²) in [6.45, 7) is 6.46. The molecule has 1 saturated heterocycles. The molecule has 166 valence electrons. The van der Waals surface area contributed by atoms with Crippen LogP contribution in [0.5, 0.6) is 0 Å². The minimum Gasteiger partial charge on any atom is -0.465 e. The van der Waals surface area contributed by atoms with E-state index in [0.717, 1.165) is 17.2 Å². The average molecular weight is 446 g/mol. The van der Waals surface area contributed by atoms with Gasteiger partial charge in [0.1, 0.15) is 5.82 Å². The predicted octanol–water partition coefficient (Wildman–Crippen LogP) is 2.58. The van der Waals surface area contributed by atoms with Crippen molar-refractivity contribution in [3.8, 4) is 0 Å². The van der Waals surface area contributed by atoms with Crippen LogP contribution >= 0.6 is 0 Å². The van der Waals surface area contributed by atoms with E-state index in [4.69, 9.17) is 0 Å². The Bertz CT molecular complexity index is 1050. The van der Waals surface area contributed by atoms with Gasteiger partial charge in [-0.25, -0.2) is 18.2 Å². The highest BCUT2D eigenvalue weighted by Gasteiger charge is 2.30. The van der Waals surface area contributed by atoms with Crippen LogP contribution in [0, 0.1) is 0 Å². The first kappa shape index (κ1) is 21.4. The Morgan fingerprint density at radius 3 is 2.23 bits per heavy atom. The van der Waals surface area contributed by atoms with Gasteiger partial charge in [0.2, 0.25) is 10.0 Å². The van der Waals surface area contributed by atoms with Crippen molar-refractivity contribution in [2.24, 2.45) is 0 Å². The van der Waals surface area contributed by atoms with E-state index in [9.17, 15) is 18.3 Å². The van der Waals surface area contributed by atoms with E-state index in [1.165, 1.54) is 4.90 Å². The van der Waals surface area contributed by atoms with Crippen LogP contribution < -0.4 is 14.7 Å². The lowest BCUT2D eigenvalue weighted by Gasteiger charge is -2.37. The normalized spacial score (nSPS) is 17.7. The van der Waals surface area contributed by atoms with Crippen LogP contribution in [0.4, 0.5) is 27.7 Å². The second kappa shape index (κ2) is 8.35. The molecular formula is C21H27N5O4S. The van der Waals surface area contributed by atoms with E-state index < -0.39 is 21.4 Å². The van der Waals surface area contributed by atoms with E-state index in [-0.39, 0.29) is 0 Å². The number of piperazine rings is 1. The van der Waals surface area contributed by atoms with Gasteiger partial charge in [-0.05, 0) is 38.1 Å². The van der Waals surface area contributed by atoms with Crippen LogP contribution in [-0.2, 0) is 10.0 Å². The van der Waals surface area contributed by atoms with Crippen LogP contribution in [0.3, 0.4) is 0 Å². The second-order valence-corrected chi connectivity index (χ2v) is 10.4. The van der Waals surface area contributed by atoms with Crippen molar-refractivity contribution in [2.45, 2.75) is 19.1 Å². The molecule has 1 amide bonds. The number of benzene rings is 1. The molecule has 1 aromatic carbocycles. The van der Waals surface area contributed by atoms with Crippen molar-refractivity contribution < 1.29 is 18.3 Å². The lowest BCUT2D eigenvalue weighted by molar-refractivity contribution is 0.201. The van der Waals surface area contributed by atoms with Gasteiger partial charge in [-0.3, -0.25) is 4.90 Å². The van der Waals surface area contributed by atoms with Crippen LogP contribution in [0.15, 0.2) is 42.6 Å². The topological polar surface area (TPSA) is 97.3 Å². The number of sulfonamides is 1. The molecule has 1 fully saturated rings. The largest absolute Gasteiger partial charge is 0.465 e. The maximum Gasteiger partial charge on any atom is 0.411 e. The van der Waals surface area contributed by atoms with Crippen LogP contribution in [0.2, 0.25) is 0 Å². The molecule has 0 unspecified atom stereocenters. The van der Waals surface area contributed by atoms with Crippen molar-refractivity contribution in [1.82, 2.24) is 9.29 Å². The maximum atomic E-state index is 12.4. The molecule has 10 heteroatoms. The Hall–Kier alpha value is -2.85. The second-order valence-electron chi connectivity index (χ2n) is 7.93. The number of hydrogen-bond donors (Lipinski definition) is 1. The van der Waals surface area contributed by atoms with Crippen molar-refractivity contribution in [1.29, 1.82) is 0 Å². The monoisotopic (exact) mass is 445 g/mol. The molecular weight excluding hydrogens is 418 g/mol. The zero-order valence-corrected chi connectivity index (χ0v) is 18.5. The van der Waals surface area contributed by atoms with Crippen LogP contribution in [-0.4, -0.2) is 73.4 Å². The molecule has 4 rings (SSSR count). The number of hydrogen-bond acceptors (Lipinski definition) is 6. The van der Waals surface area contributed by atoms with Crippen LogP contribution in [0.1, 0.15) is 13.8 Å². The molecule has 1 aromatic heterocycles. The molecule has 2 aromatic rings. The third-order valence-corrected chi connectivity index (χ3v) is 8.09. The first-order valence-electron chi connectivity index (χ1n) is 10.4. The summed E-state index contributed by atoms with van der Waals surface area (Å²) in [6, 6.07) is 11.3. The highest BCUT2D eigenvalue weighted by Crippen LogP contribution is 2.37. The minimum atomic E-state index is -3.23. The molecule has 1 N–H and O–H groups in total. The molecule has 2 aliphatic heterocycles. The van der Waals surface area contributed by atoms with E-state index in [2.05, 4.69) is 9.88 Å². The minimum absolute atomic E-state index is 0.363. The number of anilines is 4. The lowest BCUT2D eigenvalue weighted by atomic mass is 10.1. The van der Waals surface area contributed by atoms with Gasteiger partial charge < -0.3 is 14.9 Å². The Balaban J connectivity index is 1.48. The summed E-state index contributed by atoms with van der Waals surface area (Å²) < 4.78 is 26.3. The summed E-state index contributed by atoms with van der Waals surface area (Å²) in [5.74, 6) is 0.752. The van der Waals surface area contributed by atoms with E-state index in [0.29, 0.717) is 45.0 Å². The third kappa shape index (κ3) is 4.05. The molecule has 0 bridgehead atoms. The molecule has 0 saturated carbocycles. The molecule has 31 heavy (non-hydrogen) atoms. The Morgan fingerprint density at radius 2 is 1.65 bits per heavy atom. The highest BCUT2D eigenvalue weighted by molar-refractivity contribution is 7.89. The van der Waals surface area contributed by atoms with E-state index in [1.54, 1.807) is 30.4 Å². The summed E-state index contributed by atoms with van der Waals surface area (Å²) >= 11 is 0. The summed E-state index contributed by atoms with van der Waals surface area (Å²) in [5, 5.41) is 9.05. The fraction of sp³-hybridized carbons (Fsp3) is 0.429. The summed E-state index contributed by atoms with van der Waals surface area (Å²) in [4.78, 5) is 21.7. The molecule has 0 atom stereocenters. The SMILES string of the molecule is CC(C)S(=O)(=O)N1CCN(c2ccc(N3CCN(C(=O)O)c4ccccc43)nc2)CC1. The zero-order valence-electron chi connectivity index (χ0n) is 17.7. The summed E-state index contributed by atoms with van der Waals surface area (Å²) in [5.41, 5.74) is 2.40. The number of fused-ring (bicyclic) bond motifs is 1. The fourth-order valence-electron chi connectivity index (χ4n) is 4.02. The number of rotatable bonds is 4. The van der Waals surface area contributed by atoms with Crippen molar-refractivity contribution >= 4 is 39.0 Å². The third-order valence-electron chi connectivity index (χ3n) is 5.81. The number of carboxylic acid groups (broad SMARTS) is 1. The van der Waals surface area contributed by atoms with E-state index in [1.807, 2.05) is 35.2 Å². The predicted molar refractivity (Wildman–Crippen MR) is 121 cm³/mol. The first-order chi connectivity index (χ1) is 14.8. The van der Waals surface area contributed by atoms with Gasteiger partial charge in [0.25, 0.3) is 0 Å². The van der Waals surface area contributed by atoms with Crippen molar-refractivity contribution in [3.63, 3.8) is 0 Å². The molecule has 0 radical (unpaired) electrons. The Morgan fingerprint density at radius 1 is 0.968 bits per heavy atom. The average Bonchev–Trinajstić information content (AvgIpc) is 2.78. The number of amides is 1. The van der Waals surface area contributed by atoms with Crippen molar-refractivity contribution in [2.75, 3.05) is 54.0 Å². The number of pyridine rings is 1. The number of nitrogens with zero attached hydrogens (tertiary/aromatic N) is 5. The Labute approximate surface area is 182 Å². The summed E-state index contributed by atoms with van der Waals surface area (Å²) in [7, 11) is -3.23. The van der Waals surface area contributed by atoms with Crippen molar-refractivity contribution in [3.05, 3.63) is 42.6 Å². The van der Waals surface area contributed by atoms with Gasteiger partial charge >= 0.3 is 6.09 Å². The van der Waals surface area contributed by atoms with Gasteiger partial charge in [-0.2, -0.15) is 4.31 Å². The quantitative estimate of drug-likeness (QED) is 0.772. The Kier molecular flexibility index (Phi) is 5.76. The first-order valence-corrected chi connectivity index (χ1v) is 11.9. The number of carbonyl (C=O) groups is 1. The molecule has 3 heterocycles. The molecule has 9 nitrogen and oxygen atoms in total. The smallest absolute Gasteiger partial charge is 0.411 e. The van der Waals surface area contributed by atoms with Gasteiger partial charge in [0, 0.05) is 39.3 Å². The molecule has 0 spiro atoms.